The monoisotopic (exact) mass is 310 g/mol. The lowest BCUT2D eigenvalue weighted by molar-refractivity contribution is -0.385. The van der Waals surface area contributed by atoms with Crippen molar-refractivity contribution < 1.29 is 9.66 Å². The fraction of sp³-hybridized carbons (Fsp3) is 0.333. The van der Waals surface area contributed by atoms with Crippen molar-refractivity contribution in [2.45, 2.75) is 25.3 Å². The Bertz CT molecular complexity index is 801. The first kappa shape index (κ1) is 14.1. The molecule has 4 rings (SSSR count). The zero-order valence-corrected chi connectivity index (χ0v) is 13.1. The van der Waals surface area contributed by atoms with E-state index in [2.05, 4.69) is 25.2 Å². The number of ether oxygens (including phenoxy) is 1. The van der Waals surface area contributed by atoms with Gasteiger partial charge in [0.15, 0.2) is 0 Å². The number of hydrogen-bond acceptors (Lipinski definition) is 4. The Labute approximate surface area is 134 Å². The van der Waals surface area contributed by atoms with Gasteiger partial charge in [-0.2, -0.15) is 0 Å². The van der Waals surface area contributed by atoms with Crippen molar-refractivity contribution in [2.75, 3.05) is 11.9 Å². The van der Waals surface area contributed by atoms with Crippen molar-refractivity contribution in [1.82, 2.24) is 0 Å². The van der Waals surface area contributed by atoms with Crippen molar-refractivity contribution in [2.24, 2.45) is 5.92 Å². The quantitative estimate of drug-likeness (QED) is 0.637. The van der Waals surface area contributed by atoms with Crippen molar-refractivity contribution in [3.63, 3.8) is 0 Å². The summed E-state index contributed by atoms with van der Waals surface area (Å²) in [6.45, 7) is 4.89. The number of anilines is 1. The fourth-order valence-electron chi connectivity index (χ4n) is 3.84. The van der Waals surface area contributed by atoms with Crippen molar-refractivity contribution in [3.05, 3.63) is 63.7 Å². The molecule has 2 aromatic carbocycles. The Balaban J connectivity index is 1.85. The molecule has 0 saturated heterocycles. The Hall–Kier alpha value is -2.56. The van der Waals surface area contributed by atoms with Gasteiger partial charge in [0.2, 0.25) is 0 Å². The highest BCUT2D eigenvalue weighted by molar-refractivity contribution is 5.63. The number of non-ortho nitro benzene ring substituents is 1. The molecule has 5 heteroatoms. The van der Waals surface area contributed by atoms with Gasteiger partial charge in [-0.1, -0.05) is 32.0 Å². The smallest absolute Gasteiger partial charge is 0.269 e. The van der Waals surface area contributed by atoms with Gasteiger partial charge in [-0.3, -0.25) is 10.1 Å². The zero-order valence-electron chi connectivity index (χ0n) is 13.1. The third kappa shape index (κ3) is 2.00. The number of fused-ring (bicyclic) bond motifs is 4. The molecule has 2 heterocycles. The van der Waals surface area contributed by atoms with Crippen LogP contribution in [-0.4, -0.2) is 11.5 Å². The molecule has 0 fully saturated rings. The maximum absolute atomic E-state index is 11.1. The Morgan fingerprint density at radius 1 is 1.26 bits per heavy atom. The van der Waals surface area contributed by atoms with Crippen LogP contribution in [-0.2, 0) is 5.41 Å². The normalized spacial score (nSPS) is 23.6. The maximum atomic E-state index is 11.1. The summed E-state index contributed by atoms with van der Waals surface area (Å²) in [5.41, 5.74) is 3.02. The first-order valence-corrected chi connectivity index (χ1v) is 7.75. The molecular formula is C18H18N2O3. The minimum Gasteiger partial charge on any atom is -0.493 e. The molecule has 0 unspecified atom stereocenters. The lowest BCUT2D eigenvalue weighted by Crippen LogP contribution is -2.46. The molecule has 0 bridgehead atoms. The van der Waals surface area contributed by atoms with Gasteiger partial charge in [0.25, 0.3) is 5.69 Å². The van der Waals surface area contributed by atoms with E-state index < -0.39 is 0 Å². The summed E-state index contributed by atoms with van der Waals surface area (Å²) >= 11 is 0. The topological polar surface area (TPSA) is 64.4 Å². The molecule has 0 saturated carbocycles. The van der Waals surface area contributed by atoms with Crippen molar-refractivity contribution >= 4 is 11.4 Å². The van der Waals surface area contributed by atoms with Gasteiger partial charge < -0.3 is 10.1 Å². The van der Waals surface area contributed by atoms with Crippen LogP contribution in [0.2, 0.25) is 0 Å². The molecule has 2 aliphatic heterocycles. The molecule has 0 aliphatic carbocycles. The Kier molecular flexibility index (Phi) is 2.88. The van der Waals surface area contributed by atoms with E-state index in [-0.39, 0.29) is 28.0 Å². The highest BCUT2D eigenvalue weighted by Crippen LogP contribution is 2.52. The lowest BCUT2D eigenvalue weighted by atomic mass is 9.65. The van der Waals surface area contributed by atoms with Gasteiger partial charge in [-0.15, -0.1) is 0 Å². The van der Waals surface area contributed by atoms with E-state index in [0.717, 1.165) is 22.6 Å². The second-order valence-electron chi connectivity index (χ2n) is 6.79. The molecule has 0 amide bonds. The first-order chi connectivity index (χ1) is 11.0. The van der Waals surface area contributed by atoms with Crippen LogP contribution in [0.1, 0.15) is 31.0 Å². The molecule has 5 nitrogen and oxygen atoms in total. The summed E-state index contributed by atoms with van der Waals surface area (Å²) in [6.07, 6.45) is 0. The highest BCUT2D eigenvalue weighted by Gasteiger charge is 2.46. The number of nitro groups is 1. The number of nitrogens with zero attached hydrogens (tertiary/aromatic N) is 1. The van der Waals surface area contributed by atoms with Gasteiger partial charge in [-0.05, 0) is 17.7 Å². The number of para-hydroxylation sites is 1. The summed E-state index contributed by atoms with van der Waals surface area (Å²) in [5.74, 6) is 1.13. The molecule has 2 aliphatic rings. The summed E-state index contributed by atoms with van der Waals surface area (Å²) in [4.78, 5) is 10.8. The van der Waals surface area contributed by atoms with Crippen LogP contribution in [0.25, 0.3) is 0 Å². The SMILES string of the molecule is CC1(C)c2cc([N+](=O)[O-])ccc2N[C@H]2c3ccccc3OC[C@H]21. The highest BCUT2D eigenvalue weighted by atomic mass is 16.6. The van der Waals surface area contributed by atoms with Crippen LogP contribution in [0.3, 0.4) is 0 Å². The van der Waals surface area contributed by atoms with Crippen LogP contribution in [0.5, 0.6) is 5.75 Å². The fourth-order valence-corrected chi connectivity index (χ4v) is 3.84. The van der Waals surface area contributed by atoms with Crippen molar-refractivity contribution in [1.29, 1.82) is 0 Å². The molecule has 2 atom stereocenters. The molecule has 23 heavy (non-hydrogen) atoms. The van der Waals surface area contributed by atoms with Crippen LogP contribution in [0.4, 0.5) is 11.4 Å². The van der Waals surface area contributed by atoms with E-state index in [1.165, 1.54) is 0 Å². The minimum absolute atomic E-state index is 0.134. The predicted octanol–water partition coefficient (Wildman–Crippen LogP) is 4.05. The lowest BCUT2D eigenvalue weighted by Gasteiger charge is -2.48. The largest absolute Gasteiger partial charge is 0.493 e. The summed E-state index contributed by atoms with van der Waals surface area (Å²) in [7, 11) is 0. The summed E-state index contributed by atoms with van der Waals surface area (Å²) in [5, 5.41) is 14.7. The number of nitro benzene ring substituents is 1. The van der Waals surface area contributed by atoms with Gasteiger partial charge in [0.05, 0.1) is 17.6 Å². The molecule has 0 radical (unpaired) electrons. The summed E-state index contributed by atoms with van der Waals surface area (Å²) < 4.78 is 5.95. The first-order valence-electron chi connectivity index (χ1n) is 7.75. The van der Waals surface area contributed by atoms with Crippen LogP contribution < -0.4 is 10.1 Å². The predicted molar refractivity (Wildman–Crippen MR) is 87.9 cm³/mol. The van der Waals surface area contributed by atoms with Crippen LogP contribution >= 0.6 is 0 Å². The maximum Gasteiger partial charge on any atom is 0.269 e. The third-order valence-corrected chi connectivity index (χ3v) is 5.22. The molecule has 118 valence electrons. The van der Waals surface area contributed by atoms with E-state index in [0.29, 0.717) is 6.61 Å². The standard InChI is InChI=1S/C18H18N2O3/c1-18(2)13-9-11(20(21)22)7-8-15(13)19-17-12-5-3-4-6-16(12)23-10-14(17)18/h3-9,14,17,19H,10H2,1-2H3/t14-,17+/m1/s1. The second-order valence-corrected chi connectivity index (χ2v) is 6.79. The molecule has 0 spiro atoms. The second kappa shape index (κ2) is 4.72. The minimum atomic E-state index is -0.338. The van der Waals surface area contributed by atoms with E-state index >= 15 is 0 Å². The van der Waals surface area contributed by atoms with E-state index in [1.54, 1.807) is 12.1 Å². The number of hydrogen-bond donors (Lipinski definition) is 1. The van der Waals surface area contributed by atoms with Crippen molar-refractivity contribution in [3.8, 4) is 5.75 Å². The van der Waals surface area contributed by atoms with E-state index in [4.69, 9.17) is 4.74 Å². The van der Waals surface area contributed by atoms with Crippen LogP contribution in [0.15, 0.2) is 42.5 Å². The van der Waals surface area contributed by atoms with E-state index in [9.17, 15) is 10.1 Å². The van der Waals surface area contributed by atoms with Gasteiger partial charge >= 0.3 is 0 Å². The molecule has 0 aromatic heterocycles. The average Bonchev–Trinajstić information content (AvgIpc) is 2.54. The van der Waals surface area contributed by atoms with Gasteiger partial charge in [0, 0.05) is 34.7 Å². The zero-order chi connectivity index (χ0) is 16.2. The summed E-state index contributed by atoms with van der Waals surface area (Å²) in [6, 6.07) is 13.3. The number of benzene rings is 2. The third-order valence-electron chi connectivity index (χ3n) is 5.22. The van der Waals surface area contributed by atoms with Gasteiger partial charge in [-0.25, -0.2) is 0 Å². The number of rotatable bonds is 1. The molecular weight excluding hydrogens is 292 g/mol. The Morgan fingerprint density at radius 3 is 2.83 bits per heavy atom. The van der Waals surface area contributed by atoms with E-state index in [1.807, 2.05) is 24.3 Å². The number of nitrogens with one attached hydrogen (secondary N) is 1. The van der Waals surface area contributed by atoms with Gasteiger partial charge in [0.1, 0.15) is 5.75 Å². The average molecular weight is 310 g/mol. The Morgan fingerprint density at radius 2 is 2.04 bits per heavy atom. The molecule has 1 N–H and O–H groups in total. The molecule has 2 aromatic rings. The van der Waals surface area contributed by atoms with Crippen LogP contribution in [0, 0.1) is 16.0 Å².